The molecule has 1 aromatic carbocycles. The number of fused-ring (bicyclic) bond motifs is 1. The summed E-state index contributed by atoms with van der Waals surface area (Å²) >= 11 is 6.28. The van der Waals surface area contributed by atoms with Gasteiger partial charge in [0.25, 0.3) is 5.56 Å². The number of hydrogen-bond donors (Lipinski definition) is 3. The molecule has 9 nitrogen and oxygen atoms in total. The SMILES string of the molecule is CC(C)(C)OC(=O)Nc1ccc(Cl)cc1-c1cc2n(c(=O)c1)C(c1cnc(-c3ccc(N)nc3)[nH]1)CC2. The molecule has 37 heavy (non-hydrogen) atoms. The van der Waals surface area contributed by atoms with Crippen LogP contribution in [0.25, 0.3) is 22.5 Å². The minimum absolute atomic E-state index is 0.150. The number of H-pyrrole nitrogens is 1. The van der Waals surface area contributed by atoms with Crippen LogP contribution in [0, 0.1) is 0 Å². The second-order valence-electron chi connectivity index (χ2n) is 9.97. The fourth-order valence-corrected chi connectivity index (χ4v) is 4.69. The van der Waals surface area contributed by atoms with Crippen LogP contribution in [0.4, 0.5) is 16.3 Å². The first kappa shape index (κ1) is 24.6. The molecule has 4 aromatic rings. The molecule has 0 radical (unpaired) electrons. The van der Waals surface area contributed by atoms with Crippen LogP contribution in [-0.4, -0.2) is 31.2 Å². The zero-order valence-corrected chi connectivity index (χ0v) is 21.5. The zero-order valence-electron chi connectivity index (χ0n) is 20.7. The number of nitrogens with zero attached hydrogens (tertiary/aromatic N) is 3. The van der Waals surface area contributed by atoms with Crippen LogP contribution in [-0.2, 0) is 11.2 Å². The first-order valence-corrected chi connectivity index (χ1v) is 12.3. The topological polar surface area (TPSA) is 128 Å². The molecule has 0 fully saturated rings. The number of benzene rings is 1. The summed E-state index contributed by atoms with van der Waals surface area (Å²) in [7, 11) is 0. The number of aromatic nitrogens is 4. The number of halogens is 1. The highest BCUT2D eigenvalue weighted by Gasteiger charge is 2.27. The van der Waals surface area contributed by atoms with Crippen molar-refractivity contribution in [1.29, 1.82) is 0 Å². The molecule has 0 bridgehead atoms. The average Bonchev–Trinajstić information content (AvgIpc) is 3.47. The summed E-state index contributed by atoms with van der Waals surface area (Å²) in [5, 5.41) is 3.27. The number of nitrogen functional groups attached to an aromatic ring is 1. The number of anilines is 2. The second kappa shape index (κ2) is 9.40. The predicted octanol–water partition coefficient (Wildman–Crippen LogP) is 5.42. The number of ether oxygens (including phenoxy) is 1. The lowest BCUT2D eigenvalue weighted by Gasteiger charge is -2.21. The Balaban J connectivity index is 1.46. The number of aryl methyl sites for hydroxylation is 1. The lowest BCUT2D eigenvalue weighted by atomic mass is 10.0. The van der Waals surface area contributed by atoms with Crippen molar-refractivity contribution in [2.75, 3.05) is 11.1 Å². The molecule has 1 aliphatic rings. The molecule has 1 aliphatic heterocycles. The van der Waals surface area contributed by atoms with Crippen LogP contribution in [0.5, 0.6) is 0 Å². The van der Waals surface area contributed by atoms with Gasteiger partial charge < -0.3 is 20.0 Å². The molecular weight excluding hydrogens is 492 g/mol. The Bertz CT molecular complexity index is 1540. The highest BCUT2D eigenvalue weighted by Crippen LogP contribution is 2.35. The van der Waals surface area contributed by atoms with Crippen LogP contribution < -0.4 is 16.6 Å². The van der Waals surface area contributed by atoms with Crippen LogP contribution in [0.15, 0.2) is 59.7 Å². The molecule has 0 aliphatic carbocycles. The van der Waals surface area contributed by atoms with Crippen LogP contribution >= 0.6 is 11.6 Å². The Kier molecular flexibility index (Phi) is 6.25. The van der Waals surface area contributed by atoms with Crippen molar-refractivity contribution in [2.24, 2.45) is 0 Å². The van der Waals surface area contributed by atoms with Gasteiger partial charge in [-0.1, -0.05) is 11.6 Å². The molecule has 0 saturated heterocycles. The molecule has 0 spiro atoms. The van der Waals surface area contributed by atoms with Crippen LogP contribution in [0.1, 0.15) is 44.6 Å². The summed E-state index contributed by atoms with van der Waals surface area (Å²) < 4.78 is 7.18. The van der Waals surface area contributed by atoms with Gasteiger partial charge >= 0.3 is 6.09 Å². The number of hydrogen-bond acceptors (Lipinski definition) is 6. The van der Waals surface area contributed by atoms with Gasteiger partial charge in [0.05, 0.1) is 23.6 Å². The Morgan fingerprint density at radius 1 is 1.14 bits per heavy atom. The number of amides is 1. The molecule has 10 heteroatoms. The van der Waals surface area contributed by atoms with E-state index in [0.29, 0.717) is 39.9 Å². The van der Waals surface area contributed by atoms with Crippen molar-refractivity contribution in [1.82, 2.24) is 19.5 Å². The number of imidazole rings is 1. The Morgan fingerprint density at radius 3 is 2.68 bits per heavy atom. The van der Waals surface area contributed by atoms with E-state index in [9.17, 15) is 9.59 Å². The monoisotopic (exact) mass is 518 g/mol. The van der Waals surface area contributed by atoms with Gasteiger partial charge in [0.15, 0.2) is 0 Å². The van der Waals surface area contributed by atoms with Gasteiger partial charge in [-0.15, -0.1) is 0 Å². The van der Waals surface area contributed by atoms with E-state index in [4.69, 9.17) is 22.1 Å². The molecule has 0 saturated carbocycles. The Morgan fingerprint density at radius 2 is 1.95 bits per heavy atom. The highest BCUT2D eigenvalue weighted by atomic mass is 35.5. The molecule has 1 unspecified atom stereocenters. The summed E-state index contributed by atoms with van der Waals surface area (Å²) in [6.07, 6.45) is 4.29. The summed E-state index contributed by atoms with van der Waals surface area (Å²) in [6.45, 7) is 5.38. The predicted molar refractivity (Wildman–Crippen MR) is 144 cm³/mol. The van der Waals surface area contributed by atoms with Gasteiger partial charge in [-0.2, -0.15) is 0 Å². The van der Waals surface area contributed by atoms with E-state index < -0.39 is 11.7 Å². The fraction of sp³-hybridized carbons (Fsp3) is 0.259. The molecule has 4 N–H and O–H groups in total. The summed E-state index contributed by atoms with van der Waals surface area (Å²) in [5.41, 5.74) is 9.25. The summed E-state index contributed by atoms with van der Waals surface area (Å²) in [5.74, 6) is 1.10. The fourth-order valence-electron chi connectivity index (χ4n) is 4.52. The maximum atomic E-state index is 13.4. The van der Waals surface area contributed by atoms with Crippen molar-refractivity contribution in [3.63, 3.8) is 0 Å². The van der Waals surface area contributed by atoms with Gasteiger partial charge in [-0.05, 0) is 75.6 Å². The van der Waals surface area contributed by atoms with E-state index in [-0.39, 0.29) is 11.6 Å². The standard InChI is InChI=1S/C27H27ClN6O3/c1-27(2,3)37-26(36)33-20-7-5-17(28)12-19(20)16-10-18-6-8-22(34(18)24(35)11-16)21-14-31-25(32-21)15-4-9-23(29)30-13-15/h4-5,7,9-14,22H,6,8H2,1-3H3,(H2,29,30)(H,31,32)(H,33,36). The lowest BCUT2D eigenvalue weighted by molar-refractivity contribution is 0.0636. The largest absolute Gasteiger partial charge is 0.444 e. The number of nitrogens with one attached hydrogen (secondary N) is 2. The van der Waals surface area contributed by atoms with E-state index in [1.165, 1.54) is 0 Å². The molecule has 5 rings (SSSR count). The second-order valence-corrected chi connectivity index (χ2v) is 10.4. The van der Waals surface area contributed by atoms with Crippen molar-refractivity contribution >= 4 is 29.2 Å². The van der Waals surface area contributed by atoms with Crippen LogP contribution in [0.3, 0.4) is 0 Å². The van der Waals surface area contributed by atoms with Gasteiger partial charge in [-0.3, -0.25) is 10.1 Å². The third-order valence-corrected chi connectivity index (χ3v) is 6.31. The minimum Gasteiger partial charge on any atom is -0.444 e. The number of rotatable bonds is 4. The number of pyridine rings is 2. The van der Waals surface area contributed by atoms with Gasteiger partial charge in [0.2, 0.25) is 0 Å². The first-order valence-electron chi connectivity index (χ1n) is 11.9. The Hall–Kier alpha value is -4.11. The zero-order chi connectivity index (χ0) is 26.3. The van der Waals surface area contributed by atoms with E-state index in [1.807, 2.05) is 12.1 Å². The molecule has 1 atom stereocenters. The van der Waals surface area contributed by atoms with Gasteiger partial charge in [0.1, 0.15) is 17.2 Å². The normalized spacial score (nSPS) is 14.9. The summed E-state index contributed by atoms with van der Waals surface area (Å²) in [4.78, 5) is 37.7. The van der Waals surface area contributed by atoms with Gasteiger partial charge in [0, 0.05) is 34.1 Å². The van der Waals surface area contributed by atoms with E-state index in [1.54, 1.807) is 68.1 Å². The molecule has 1 amide bonds. The summed E-state index contributed by atoms with van der Waals surface area (Å²) in [6, 6.07) is 12.0. The molecule has 190 valence electrons. The number of carbonyl (C=O) groups is 1. The van der Waals surface area contributed by atoms with Crippen molar-refractivity contribution in [3.05, 3.63) is 81.6 Å². The number of carbonyl (C=O) groups excluding carboxylic acids is 1. The molecule has 3 aromatic heterocycles. The highest BCUT2D eigenvalue weighted by molar-refractivity contribution is 6.31. The smallest absolute Gasteiger partial charge is 0.412 e. The maximum absolute atomic E-state index is 13.4. The Labute approximate surface area is 218 Å². The lowest BCUT2D eigenvalue weighted by Crippen LogP contribution is -2.27. The van der Waals surface area contributed by atoms with Crippen LogP contribution in [0.2, 0.25) is 5.02 Å². The van der Waals surface area contributed by atoms with Gasteiger partial charge in [-0.25, -0.2) is 14.8 Å². The molecule has 4 heterocycles. The van der Waals surface area contributed by atoms with E-state index in [2.05, 4.69) is 20.3 Å². The van der Waals surface area contributed by atoms with Crippen molar-refractivity contribution in [3.8, 4) is 22.5 Å². The number of aromatic amines is 1. The molecular formula is C27H27ClN6O3. The number of nitrogens with two attached hydrogens (primary N) is 1. The van der Waals surface area contributed by atoms with E-state index in [0.717, 1.165) is 23.4 Å². The van der Waals surface area contributed by atoms with Crippen molar-refractivity contribution < 1.29 is 9.53 Å². The van der Waals surface area contributed by atoms with E-state index >= 15 is 0 Å². The van der Waals surface area contributed by atoms with Crippen molar-refractivity contribution in [2.45, 2.75) is 45.3 Å². The quantitative estimate of drug-likeness (QED) is 0.331. The first-order chi connectivity index (χ1) is 17.6. The minimum atomic E-state index is -0.644. The third kappa shape index (κ3) is 5.22. The average molecular weight is 519 g/mol. The maximum Gasteiger partial charge on any atom is 0.412 e. The third-order valence-electron chi connectivity index (χ3n) is 6.08.